The van der Waals surface area contributed by atoms with E-state index in [1.807, 2.05) is 0 Å². The minimum atomic E-state index is 0.113. The molecule has 1 aliphatic heterocycles. The number of nitrogens with one attached hydrogen (secondary N) is 1. The Labute approximate surface area is 125 Å². The number of hydrogen-bond acceptors (Lipinski definition) is 5. The third kappa shape index (κ3) is 3.73. The maximum atomic E-state index is 6.25. The van der Waals surface area contributed by atoms with Gasteiger partial charge in [-0.15, -0.1) is 0 Å². The highest BCUT2D eigenvalue weighted by Gasteiger charge is 2.28. The molecule has 6 heteroatoms. The SMILES string of the molecule is COc1ncc(Cl)c(N2CCCC2CNC(C)(C)C)n1. The van der Waals surface area contributed by atoms with E-state index in [2.05, 4.69) is 41.0 Å². The normalized spacial score (nSPS) is 19.4. The van der Waals surface area contributed by atoms with E-state index in [4.69, 9.17) is 16.3 Å². The van der Waals surface area contributed by atoms with Gasteiger partial charge in [0.25, 0.3) is 0 Å². The van der Waals surface area contributed by atoms with Crippen molar-refractivity contribution in [1.29, 1.82) is 0 Å². The van der Waals surface area contributed by atoms with E-state index in [0.29, 0.717) is 17.1 Å². The molecule has 1 atom stereocenters. The Morgan fingerprint density at radius 3 is 2.90 bits per heavy atom. The number of anilines is 1. The molecule has 0 bridgehead atoms. The van der Waals surface area contributed by atoms with Crippen molar-refractivity contribution in [2.45, 2.75) is 45.2 Å². The molecule has 1 aliphatic rings. The summed E-state index contributed by atoms with van der Waals surface area (Å²) in [7, 11) is 1.57. The largest absolute Gasteiger partial charge is 0.467 e. The fourth-order valence-electron chi connectivity index (χ4n) is 2.39. The van der Waals surface area contributed by atoms with Crippen LogP contribution in [0.5, 0.6) is 6.01 Å². The van der Waals surface area contributed by atoms with Crippen molar-refractivity contribution in [1.82, 2.24) is 15.3 Å². The lowest BCUT2D eigenvalue weighted by molar-refractivity contribution is 0.378. The Hall–Kier alpha value is -1.07. The van der Waals surface area contributed by atoms with Crippen LogP contribution in [0.1, 0.15) is 33.6 Å². The maximum absolute atomic E-state index is 6.25. The standard InChI is InChI=1S/C14H23ClN4O/c1-14(2,3)17-8-10-6-5-7-19(10)12-11(15)9-16-13(18-12)20-4/h9-10,17H,5-8H2,1-4H3. The van der Waals surface area contributed by atoms with Crippen molar-refractivity contribution in [2.75, 3.05) is 25.1 Å². The van der Waals surface area contributed by atoms with E-state index in [9.17, 15) is 0 Å². The number of hydrogen-bond donors (Lipinski definition) is 1. The first-order valence-electron chi connectivity index (χ1n) is 6.99. The molecule has 5 nitrogen and oxygen atoms in total. The summed E-state index contributed by atoms with van der Waals surface area (Å²) in [5, 5.41) is 4.13. The van der Waals surface area contributed by atoms with Gasteiger partial charge in [0.1, 0.15) is 5.02 Å². The molecule has 112 valence electrons. The first-order valence-corrected chi connectivity index (χ1v) is 7.37. The van der Waals surface area contributed by atoms with Crippen LogP contribution in [-0.2, 0) is 0 Å². The van der Waals surface area contributed by atoms with Crippen LogP contribution in [0.25, 0.3) is 0 Å². The topological polar surface area (TPSA) is 50.3 Å². The molecule has 2 rings (SSSR count). The molecule has 0 spiro atoms. The molecule has 1 aromatic rings. The molecule has 1 unspecified atom stereocenters. The molecule has 0 amide bonds. The van der Waals surface area contributed by atoms with Crippen LogP contribution >= 0.6 is 11.6 Å². The van der Waals surface area contributed by atoms with Crippen molar-refractivity contribution in [3.05, 3.63) is 11.2 Å². The van der Waals surface area contributed by atoms with Gasteiger partial charge in [0.15, 0.2) is 5.82 Å². The van der Waals surface area contributed by atoms with Gasteiger partial charge in [0.05, 0.1) is 13.3 Å². The average molecular weight is 299 g/mol. The second kappa shape index (κ2) is 6.14. The van der Waals surface area contributed by atoms with Crippen LogP contribution in [0.3, 0.4) is 0 Å². The fourth-order valence-corrected chi connectivity index (χ4v) is 2.59. The molecule has 20 heavy (non-hydrogen) atoms. The van der Waals surface area contributed by atoms with E-state index < -0.39 is 0 Å². The Morgan fingerprint density at radius 1 is 1.50 bits per heavy atom. The van der Waals surface area contributed by atoms with Gasteiger partial charge in [-0.05, 0) is 33.6 Å². The van der Waals surface area contributed by atoms with Crippen LogP contribution in [0, 0.1) is 0 Å². The van der Waals surface area contributed by atoms with Gasteiger partial charge in [-0.1, -0.05) is 11.6 Å². The Morgan fingerprint density at radius 2 is 2.25 bits per heavy atom. The van der Waals surface area contributed by atoms with Crippen LogP contribution in [0.2, 0.25) is 5.02 Å². The summed E-state index contributed by atoms with van der Waals surface area (Å²) < 4.78 is 5.10. The van der Waals surface area contributed by atoms with Crippen LogP contribution in [0.4, 0.5) is 5.82 Å². The summed E-state index contributed by atoms with van der Waals surface area (Å²) >= 11 is 6.25. The van der Waals surface area contributed by atoms with E-state index in [-0.39, 0.29) is 5.54 Å². The Bertz CT molecular complexity index is 461. The summed E-state index contributed by atoms with van der Waals surface area (Å²) in [4.78, 5) is 10.7. The van der Waals surface area contributed by atoms with Gasteiger partial charge < -0.3 is 15.0 Å². The van der Waals surface area contributed by atoms with Crippen molar-refractivity contribution in [3.63, 3.8) is 0 Å². The predicted molar refractivity (Wildman–Crippen MR) is 81.7 cm³/mol. The molecule has 1 saturated heterocycles. The molecular weight excluding hydrogens is 276 g/mol. The summed E-state index contributed by atoms with van der Waals surface area (Å²) in [6.07, 6.45) is 3.90. The molecule has 1 fully saturated rings. The van der Waals surface area contributed by atoms with E-state index in [1.165, 1.54) is 0 Å². The molecule has 0 saturated carbocycles. The third-order valence-electron chi connectivity index (χ3n) is 3.40. The summed E-state index contributed by atoms with van der Waals surface area (Å²) in [5.74, 6) is 0.775. The summed E-state index contributed by atoms with van der Waals surface area (Å²) in [6, 6.07) is 0.769. The lowest BCUT2D eigenvalue weighted by Gasteiger charge is -2.30. The molecule has 0 aromatic carbocycles. The second-order valence-electron chi connectivity index (χ2n) is 6.15. The number of rotatable bonds is 4. The van der Waals surface area contributed by atoms with E-state index in [0.717, 1.165) is 31.7 Å². The molecule has 0 aliphatic carbocycles. The quantitative estimate of drug-likeness (QED) is 0.925. The van der Waals surface area contributed by atoms with Crippen molar-refractivity contribution in [3.8, 4) is 6.01 Å². The highest BCUT2D eigenvalue weighted by atomic mass is 35.5. The monoisotopic (exact) mass is 298 g/mol. The van der Waals surface area contributed by atoms with Crippen molar-refractivity contribution < 1.29 is 4.74 Å². The van der Waals surface area contributed by atoms with Crippen LogP contribution in [0.15, 0.2) is 6.20 Å². The summed E-state index contributed by atoms with van der Waals surface area (Å²) in [6.45, 7) is 8.41. The molecule has 2 heterocycles. The van der Waals surface area contributed by atoms with Gasteiger partial charge >= 0.3 is 6.01 Å². The van der Waals surface area contributed by atoms with Crippen molar-refractivity contribution >= 4 is 17.4 Å². The first kappa shape index (κ1) is 15.3. The Balaban J connectivity index is 2.14. The zero-order valence-corrected chi connectivity index (χ0v) is 13.4. The van der Waals surface area contributed by atoms with Gasteiger partial charge in [-0.2, -0.15) is 4.98 Å². The zero-order valence-electron chi connectivity index (χ0n) is 12.6. The predicted octanol–water partition coefficient (Wildman–Crippen LogP) is 2.50. The molecule has 1 aromatic heterocycles. The number of ether oxygens (including phenoxy) is 1. The minimum absolute atomic E-state index is 0.113. The van der Waals surface area contributed by atoms with E-state index >= 15 is 0 Å². The second-order valence-corrected chi connectivity index (χ2v) is 6.56. The highest BCUT2D eigenvalue weighted by Crippen LogP contribution is 2.30. The molecule has 0 radical (unpaired) electrons. The lowest BCUT2D eigenvalue weighted by atomic mass is 10.1. The fraction of sp³-hybridized carbons (Fsp3) is 0.714. The van der Waals surface area contributed by atoms with Gasteiger partial charge in [0.2, 0.25) is 0 Å². The number of methoxy groups -OCH3 is 1. The Kier molecular flexibility index (Phi) is 4.70. The minimum Gasteiger partial charge on any atom is -0.467 e. The van der Waals surface area contributed by atoms with Gasteiger partial charge in [0, 0.05) is 24.7 Å². The van der Waals surface area contributed by atoms with Crippen molar-refractivity contribution in [2.24, 2.45) is 0 Å². The number of aromatic nitrogens is 2. The average Bonchev–Trinajstić information content (AvgIpc) is 2.84. The highest BCUT2D eigenvalue weighted by molar-refractivity contribution is 6.32. The maximum Gasteiger partial charge on any atom is 0.318 e. The lowest BCUT2D eigenvalue weighted by Crippen LogP contribution is -2.45. The van der Waals surface area contributed by atoms with E-state index in [1.54, 1.807) is 13.3 Å². The van der Waals surface area contributed by atoms with Crippen LogP contribution in [-0.4, -0.2) is 41.7 Å². The first-order chi connectivity index (χ1) is 9.40. The summed E-state index contributed by atoms with van der Waals surface area (Å²) in [5.41, 5.74) is 0.113. The van der Waals surface area contributed by atoms with Gasteiger partial charge in [-0.25, -0.2) is 4.98 Å². The van der Waals surface area contributed by atoms with Gasteiger partial charge in [-0.3, -0.25) is 0 Å². The smallest absolute Gasteiger partial charge is 0.318 e. The molecular formula is C14H23ClN4O. The zero-order chi connectivity index (χ0) is 14.8. The number of nitrogens with zero attached hydrogens (tertiary/aromatic N) is 3. The number of halogens is 1. The molecule has 1 N–H and O–H groups in total. The third-order valence-corrected chi connectivity index (χ3v) is 3.67. The van der Waals surface area contributed by atoms with Crippen LogP contribution < -0.4 is 15.0 Å².